The van der Waals surface area contributed by atoms with Gasteiger partial charge in [0.1, 0.15) is 18.1 Å². The van der Waals surface area contributed by atoms with E-state index in [0.717, 1.165) is 49.4 Å². The average Bonchev–Trinajstić information content (AvgIpc) is 2.90. The van der Waals surface area contributed by atoms with Gasteiger partial charge in [0, 0.05) is 31.4 Å². The van der Waals surface area contributed by atoms with Crippen molar-refractivity contribution in [1.29, 1.82) is 0 Å². The molecule has 0 fully saturated rings. The van der Waals surface area contributed by atoms with Crippen LogP contribution in [-0.2, 0) is 19.4 Å². The summed E-state index contributed by atoms with van der Waals surface area (Å²) in [5.41, 5.74) is 5.82. The molecular formula is C30H37FN2O3. The summed E-state index contributed by atoms with van der Waals surface area (Å²) >= 11 is 0. The number of hydrogen-bond donors (Lipinski definition) is 2. The number of methoxy groups -OCH3 is 1. The maximum Gasteiger partial charge on any atom is 0.165 e. The first-order chi connectivity index (χ1) is 17.5. The lowest BCUT2D eigenvalue weighted by atomic mass is 9.79. The molecule has 0 saturated carbocycles. The molecule has 1 atom stereocenters. The van der Waals surface area contributed by atoms with Crippen LogP contribution in [0.4, 0.5) is 10.1 Å². The maximum absolute atomic E-state index is 14.8. The predicted molar refractivity (Wildman–Crippen MR) is 143 cm³/mol. The van der Waals surface area contributed by atoms with E-state index in [9.17, 15) is 9.50 Å². The van der Waals surface area contributed by atoms with Gasteiger partial charge in [-0.1, -0.05) is 25.1 Å². The first-order valence-corrected chi connectivity index (χ1v) is 12.9. The van der Waals surface area contributed by atoms with Crippen LogP contribution in [0.5, 0.6) is 17.2 Å². The smallest absolute Gasteiger partial charge is 0.165 e. The van der Waals surface area contributed by atoms with E-state index < -0.39 is 0 Å². The fourth-order valence-corrected chi connectivity index (χ4v) is 5.03. The number of anilines is 1. The Labute approximate surface area is 213 Å². The molecule has 3 aromatic carbocycles. The topological polar surface area (TPSA) is 54.0 Å². The number of benzene rings is 3. The number of phenolic OH excluding ortho intramolecular Hbond substituents is 1. The van der Waals surface area contributed by atoms with Gasteiger partial charge in [-0.3, -0.25) is 0 Å². The second-order valence-electron chi connectivity index (χ2n) is 9.30. The van der Waals surface area contributed by atoms with Crippen molar-refractivity contribution in [2.45, 2.75) is 45.6 Å². The number of aryl methyl sites for hydroxylation is 1. The number of halogens is 1. The summed E-state index contributed by atoms with van der Waals surface area (Å²) in [4.78, 5) is 2.28. The Morgan fingerprint density at radius 3 is 2.67 bits per heavy atom. The lowest BCUT2D eigenvalue weighted by Crippen LogP contribution is -2.25. The first-order valence-electron chi connectivity index (χ1n) is 12.9. The van der Waals surface area contributed by atoms with Crippen LogP contribution in [0.25, 0.3) is 0 Å². The normalized spacial score (nSPS) is 14.8. The second-order valence-corrected chi connectivity index (χ2v) is 9.30. The highest BCUT2D eigenvalue weighted by molar-refractivity contribution is 5.60. The van der Waals surface area contributed by atoms with Crippen molar-refractivity contribution in [3.05, 3.63) is 82.7 Å². The van der Waals surface area contributed by atoms with Gasteiger partial charge < -0.3 is 24.8 Å². The third-order valence-electron chi connectivity index (χ3n) is 6.97. The fourth-order valence-electron chi connectivity index (χ4n) is 5.03. The fraction of sp³-hybridized carbons (Fsp3) is 0.400. The van der Waals surface area contributed by atoms with Gasteiger partial charge in [0.25, 0.3) is 0 Å². The molecule has 1 unspecified atom stereocenters. The molecule has 0 heterocycles. The number of nitrogens with zero attached hydrogens (tertiary/aromatic N) is 1. The highest BCUT2D eigenvalue weighted by Crippen LogP contribution is 2.40. The van der Waals surface area contributed by atoms with Crippen molar-refractivity contribution in [2.24, 2.45) is 0 Å². The van der Waals surface area contributed by atoms with E-state index in [1.807, 2.05) is 31.2 Å². The van der Waals surface area contributed by atoms with Gasteiger partial charge in [-0.05, 0) is 91.2 Å². The Hall–Kier alpha value is -3.25. The van der Waals surface area contributed by atoms with E-state index in [4.69, 9.17) is 9.47 Å². The quantitative estimate of drug-likeness (QED) is 0.330. The van der Waals surface area contributed by atoms with Crippen LogP contribution in [0, 0.1) is 5.82 Å². The van der Waals surface area contributed by atoms with E-state index in [1.54, 1.807) is 25.3 Å². The monoisotopic (exact) mass is 492 g/mol. The van der Waals surface area contributed by atoms with Gasteiger partial charge in [-0.25, -0.2) is 4.39 Å². The Kier molecular flexibility index (Phi) is 8.70. The van der Waals surface area contributed by atoms with E-state index in [0.29, 0.717) is 31.4 Å². The molecule has 3 aromatic rings. The van der Waals surface area contributed by atoms with Gasteiger partial charge in [-0.2, -0.15) is 0 Å². The zero-order chi connectivity index (χ0) is 25.5. The number of fused-ring (bicyclic) bond motifs is 1. The number of nitrogens with one attached hydrogen (secondary N) is 1. The number of rotatable bonds is 11. The number of phenols is 1. The number of likely N-dealkylation sites (N-methyl/N-ethyl adjacent to an activating group) is 1. The summed E-state index contributed by atoms with van der Waals surface area (Å²) in [6.07, 6.45) is 2.88. The molecule has 0 aliphatic heterocycles. The van der Waals surface area contributed by atoms with Crippen LogP contribution in [0.3, 0.4) is 0 Å². The van der Waals surface area contributed by atoms with Crippen molar-refractivity contribution >= 4 is 5.69 Å². The minimum Gasteiger partial charge on any atom is -0.508 e. The standard InChI is InChI=1S/C30H37FN2O3/c1-4-32-14-15-36-30-13-6-21(16-28(30)31)20-33(5-2)29-19-26(35-3)11-12-27(29)24-8-7-23-18-25(34)10-9-22(23)17-24/h6,9-13,16,18-19,24,32,34H,4-5,7-8,14-15,17,20H2,1-3H3. The predicted octanol–water partition coefficient (Wildman–Crippen LogP) is 5.83. The lowest BCUT2D eigenvalue weighted by molar-refractivity contribution is 0.300. The summed E-state index contributed by atoms with van der Waals surface area (Å²) in [5, 5.41) is 13.0. The molecule has 5 nitrogen and oxygen atoms in total. The maximum atomic E-state index is 14.8. The lowest BCUT2D eigenvalue weighted by Gasteiger charge is -2.32. The van der Waals surface area contributed by atoms with Crippen LogP contribution in [-0.4, -0.2) is 38.5 Å². The molecule has 4 rings (SSSR count). The van der Waals surface area contributed by atoms with Crippen molar-refractivity contribution in [1.82, 2.24) is 5.32 Å². The molecule has 1 aliphatic rings. The molecule has 0 radical (unpaired) electrons. The molecule has 36 heavy (non-hydrogen) atoms. The Morgan fingerprint density at radius 2 is 1.92 bits per heavy atom. The Balaban J connectivity index is 1.56. The minimum atomic E-state index is -0.335. The van der Waals surface area contributed by atoms with Crippen molar-refractivity contribution in [3.63, 3.8) is 0 Å². The zero-order valence-corrected chi connectivity index (χ0v) is 21.5. The molecule has 0 saturated heterocycles. The van der Waals surface area contributed by atoms with Crippen LogP contribution < -0.4 is 19.7 Å². The number of hydrogen-bond acceptors (Lipinski definition) is 5. The summed E-state index contributed by atoms with van der Waals surface area (Å²) in [6.45, 7) is 7.50. The molecule has 0 amide bonds. The number of ether oxygens (including phenoxy) is 2. The average molecular weight is 493 g/mol. The molecular weight excluding hydrogens is 455 g/mol. The van der Waals surface area contributed by atoms with Crippen LogP contribution in [0.1, 0.15) is 48.4 Å². The second kappa shape index (κ2) is 12.1. The highest BCUT2D eigenvalue weighted by atomic mass is 19.1. The van der Waals surface area contributed by atoms with Crippen molar-refractivity contribution in [2.75, 3.05) is 38.3 Å². The van der Waals surface area contributed by atoms with E-state index in [-0.39, 0.29) is 11.6 Å². The molecule has 0 spiro atoms. The van der Waals surface area contributed by atoms with Gasteiger partial charge in [0.2, 0.25) is 0 Å². The van der Waals surface area contributed by atoms with E-state index >= 15 is 0 Å². The van der Waals surface area contributed by atoms with Gasteiger partial charge in [-0.15, -0.1) is 0 Å². The molecule has 0 bridgehead atoms. The van der Waals surface area contributed by atoms with Gasteiger partial charge >= 0.3 is 0 Å². The van der Waals surface area contributed by atoms with E-state index in [1.165, 1.54) is 16.7 Å². The van der Waals surface area contributed by atoms with Crippen LogP contribution in [0.2, 0.25) is 0 Å². The Bertz CT molecular complexity index is 1170. The molecule has 1 aliphatic carbocycles. The van der Waals surface area contributed by atoms with E-state index in [2.05, 4.69) is 29.3 Å². The molecule has 2 N–H and O–H groups in total. The molecule has 6 heteroatoms. The van der Waals surface area contributed by atoms with Gasteiger partial charge in [0.15, 0.2) is 11.6 Å². The molecule has 0 aromatic heterocycles. The summed E-state index contributed by atoms with van der Waals surface area (Å²) in [5.74, 6) is 1.45. The van der Waals surface area contributed by atoms with Crippen LogP contribution >= 0.6 is 0 Å². The number of aromatic hydroxyl groups is 1. The largest absolute Gasteiger partial charge is 0.508 e. The molecule has 192 valence electrons. The highest BCUT2D eigenvalue weighted by Gasteiger charge is 2.25. The first kappa shape index (κ1) is 25.8. The summed E-state index contributed by atoms with van der Waals surface area (Å²) in [6, 6.07) is 17.3. The van der Waals surface area contributed by atoms with Gasteiger partial charge in [0.05, 0.1) is 7.11 Å². The van der Waals surface area contributed by atoms with Crippen LogP contribution in [0.15, 0.2) is 54.6 Å². The summed E-state index contributed by atoms with van der Waals surface area (Å²) in [7, 11) is 1.68. The third-order valence-corrected chi connectivity index (χ3v) is 6.97. The zero-order valence-electron chi connectivity index (χ0n) is 21.5. The minimum absolute atomic E-state index is 0.286. The Morgan fingerprint density at radius 1 is 1.06 bits per heavy atom. The summed E-state index contributed by atoms with van der Waals surface area (Å²) < 4.78 is 25.9. The van der Waals surface area contributed by atoms with Crippen molar-refractivity contribution in [3.8, 4) is 17.2 Å². The SMILES string of the molecule is CCNCCOc1ccc(CN(CC)c2cc(OC)ccc2C2CCc3cc(O)ccc3C2)cc1F. The van der Waals surface area contributed by atoms with Crippen molar-refractivity contribution < 1.29 is 19.0 Å². The third kappa shape index (κ3) is 6.11.